The molecule has 4 heteroatoms. The predicted molar refractivity (Wildman–Crippen MR) is 84.1 cm³/mol. The van der Waals surface area contributed by atoms with Crippen LogP contribution in [0.3, 0.4) is 0 Å². The molecule has 0 radical (unpaired) electrons. The highest BCUT2D eigenvalue weighted by atomic mass is 16.6. The number of rotatable bonds is 7. The Bertz CT molecular complexity index is 459. The molecule has 1 saturated heterocycles. The van der Waals surface area contributed by atoms with E-state index in [1.807, 2.05) is 25.1 Å². The van der Waals surface area contributed by atoms with Crippen molar-refractivity contribution < 1.29 is 14.2 Å². The van der Waals surface area contributed by atoms with Crippen LogP contribution in [0.25, 0.3) is 0 Å². The van der Waals surface area contributed by atoms with E-state index < -0.39 is 0 Å². The number of nitrogens with two attached hydrogens (primary N) is 1. The zero-order valence-electron chi connectivity index (χ0n) is 13.4. The van der Waals surface area contributed by atoms with E-state index in [9.17, 15) is 0 Å². The lowest BCUT2D eigenvalue weighted by atomic mass is 10.1. The predicted octanol–water partition coefficient (Wildman–Crippen LogP) is 2.92. The second kappa shape index (κ2) is 7.14. The Hall–Kier alpha value is -1.26. The lowest BCUT2D eigenvalue weighted by Gasteiger charge is -2.20. The summed E-state index contributed by atoms with van der Waals surface area (Å²) in [4.78, 5) is 0. The van der Waals surface area contributed by atoms with Crippen molar-refractivity contribution in [2.45, 2.75) is 51.7 Å². The molecule has 118 valence electrons. The SMILES string of the molecule is CCOc1cc(CCN)ccc1OCC1CCC(C)(C)O1. The minimum atomic E-state index is -0.0260. The van der Waals surface area contributed by atoms with Gasteiger partial charge in [0.15, 0.2) is 11.5 Å². The van der Waals surface area contributed by atoms with Gasteiger partial charge in [0, 0.05) is 0 Å². The van der Waals surface area contributed by atoms with Crippen molar-refractivity contribution in [1.82, 2.24) is 0 Å². The highest BCUT2D eigenvalue weighted by Crippen LogP contribution is 2.32. The average Bonchev–Trinajstić information content (AvgIpc) is 2.78. The van der Waals surface area contributed by atoms with E-state index in [-0.39, 0.29) is 11.7 Å². The molecule has 0 bridgehead atoms. The van der Waals surface area contributed by atoms with Crippen LogP contribution in [-0.2, 0) is 11.2 Å². The van der Waals surface area contributed by atoms with Gasteiger partial charge in [0.1, 0.15) is 6.61 Å². The fraction of sp³-hybridized carbons (Fsp3) is 0.647. The first-order chi connectivity index (χ1) is 10.0. The van der Waals surface area contributed by atoms with Gasteiger partial charge in [0.25, 0.3) is 0 Å². The highest BCUT2D eigenvalue weighted by molar-refractivity contribution is 5.43. The standard InChI is InChI=1S/C17H27NO3/c1-4-19-16-11-13(8-10-18)5-6-15(16)20-12-14-7-9-17(2,3)21-14/h5-6,11,14H,4,7-10,12,18H2,1-3H3. The van der Waals surface area contributed by atoms with Gasteiger partial charge in [0.05, 0.1) is 18.3 Å². The van der Waals surface area contributed by atoms with E-state index in [0.717, 1.165) is 30.8 Å². The minimum absolute atomic E-state index is 0.0260. The molecule has 1 atom stereocenters. The van der Waals surface area contributed by atoms with Crippen LogP contribution in [0.1, 0.15) is 39.2 Å². The van der Waals surface area contributed by atoms with Gasteiger partial charge in [-0.25, -0.2) is 0 Å². The van der Waals surface area contributed by atoms with Crippen LogP contribution in [0, 0.1) is 0 Å². The molecule has 0 saturated carbocycles. The molecule has 1 fully saturated rings. The zero-order chi connectivity index (χ0) is 15.3. The first-order valence-corrected chi connectivity index (χ1v) is 7.80. The van der Waals surface area contributed by atoms with E-state index >= 15 is 0 Å². The molecule has 21 heavy (non-hydrogen) atoms. The molecule has 0 spiro atoms. The first-order valence-electron chi connectivity index (χ1n) is 7.80. The summed E-state index contributed by atoms with van der Waals surface area (Å²) in [6, 6.07) is 6.03. The van der Waals surface area contributed by atoms with Crippen LogP contribution in [0.4, 0.5) is 0 Å². The fourth-order valence-electron chi connectivity index (χ4n) is 2.64. The van der Waals surface area contributed by atoms with E-state index in [0.29, 0.717) is 19.8 Å². The van der Waals surface area contributed by atoms with E-state index in [1.54, 1.807) is 0 Å². The second-order valence-corrected chi connectivity index (χ2v) is 6.10. The third-order valence-corrected chi connectivity index (χ3v) is 3.72. The van der Waals surface area contributed by atoms with Crippen molar-refractivity contribution >= 4 is 0 Å². The van der Waals surface area contributed by atoms with Crippen molar-refractivity contribution in [2.24, 2.45) is 5.73 Å². The van der Waals surface area contributed by atoms with Crippen LogP contribution < -0.4 is 15.2 Å². The summed E-state index contributed by atoms with van der Waals surface area (Å²) in [6.45, 7) is 8.05. The molecule has 0 aliphatic carbocycles. The molecule has 1 aromatic rings. The normalized spacial score (nSPS) is 20.5. The van der Waals surface area contributed by atoms with Crippen LogP contribution in [0.5, 0.6) is 11.5 Å². The topological polar surface area (TPSA) is 53.7 Å². The summed E-state index contributed by atoms with van der Waals surface area (Å²) in [5.74, 6) is 1.58. The summed E-state index contributed by atoms with van der Waals surface area (Å²) in [6.07, 6.45) is 3.13. The van der Waals surface area contributed by atoms with Gasteiger partial charge in [-0.3, -0.25) is 0 Å². The van der Waals surface area contributed by atoms with E-state index in [4.69, 9.17) is 19.9 Å². The summed E-state index contributed by atoms with van der Waals surface area (Å²) in [5, 5.41) is 0. The maximum Gasteiger partial charge on any atom is 0.161 e. The van der Waals surface area contributed by atoms with E-state index in [2.05, 4.69) is 13.8 Å². The van der Waals surface area contributed by atoms with Crippen molar-refractivity contribution in [3.63, 3.8) is 0 Å². The highest BCUT2D eigenvalue weighted by Gasteiger charge is 2.32. The van der Waals surface area contributed by atoms with Crippen LogP contribution >= 0.6 is 0 Å². The quantitative estimate of drug-likeness (QED) is 0.840. The first kappa shape index (κ1) is 16.1. The number of ether oxygens (including phenoxy) is 3. The maximum absolute atomic E-state index is 5.95. The molecule has 0 aromatic heterocycles. The molecule has 1 heterocycles. The number of benzene rings is 1. The van der Waals surface area contributed by atoms with Gasteiger partial charge in [0.2, 0.25) is 0 Å². The maximum atomic E-state index is 5.95. The molecule has 1 aliphatic heterocycles. The summed E-state index contributed by atoms with van der Waals surface area (Å²) < 4.78 is 17.5. The van der Waals surface area contributed by atoms with Crippen LogP contribution in [0.2, 0.25) is 0 Å². The number of hydrogen-bond acceptors (Lipinski definition) is 4. The van der Waals surface area contributed by atoms with Gasteiger partial charge in [-0.15, -0.1) is 0 Å². The van der Waals surface area contributed by atoms with Crippen molar-refractivity contribution in [2.75, 3.05) is 19.8 Å². The molecule has 0 amide bonds. The van der Waals surface area contributed by atoms with Crippen LogP contribution in [-0.4, -0.2) is 31.5 Å². The summed E-state index contributed by atoms with van der Waals surface area (Å²) in [7, 11) is 0. The van der Waals surface area contributed by atoms with Crippen LogP contribution in [0.15, 0.2) is 18.2 Å². The molecule has 2 N–H and O–H groups in total. The molecule has 1 aromatic carbocycles. The third kappa shape index (κ3) is 4.61. The number of hydrogen-bond donors (Lipinski definition) is 1. The van der Waals surface area contributed by atoms with Gasteiger partial charge in [-0.2, -0.15) is 0 Å². The molecule has 1 unspecified atom stereocenters. The van der Waals surface area contributed by atoms with Gasteiger partial charge >= 0.3 is 0 Å². The van der Waals surface area contributed by atoms with Crippen molar-refractivity contribution in [3.05, 3.63) is 23.8 Å². The minimum Gasteiger partial charge on any atom is -0.490 e. The molecular weight excluding hydrogens is 266 g/mol. The third-order valence-electron chi connectivity index (χ3n) is 3.72. The van der Waals surface area contributed by atoms with Gasteiger partial charge < -0.3 is 19.9 Å². The Morgan fingerprint density at radius 3 is 2.71 bits per heavy atom. The van der Waals surface area contributed by atoms with Gasteiger partial charge in [-0.05, 0) is 64.3 Å². The van der Waals surface area contributed by atoms with Gasteiger partial charge in [-0.1, -0.05) is 6.07 Å². The Morgan fingerprint density at radius 2 is 2.10 bits per heavy atom. The Kier molecular flexibility index (Phi) is 5.48. The molecule has 1 aliphatic rings. The van der Waals surface area contributed by atoms with E-state index in [1.165, 1.54) is 5.56 Å². The fourth-order valence-corrected chi connectivity index (χ4v) is 2.64. The lowest BCUT2D eigenvalue weighted by Crippen LogP contribution is -2.24. The second-order valence-electron chi connectivity index (χ2n) is 6.10. The Morgan fingerprint density at radius 1 is 1.29 bits per heavy atom. The Labute approximate surface area is 127 Å². The zero-order valence-corrected chi connectivity index (χ0v) is 13.4. The smallest absolute Gasteiger partial charge is 0.161 e. The largest absolute Gasteiger partial charge is 0.490 e. The Balaban J connectivity index is 1.98. The molecule has 2 rings (SSSR count). The average molecular weight is 293 g/mol. The lowest BCUT2D eigenvalue weighted by molar-refractivity contribution is -0.0329. The van der Waals surface area contributed by atoms with Crippen molar-refractivity contribution in [1.29, 1.82) is 0 Å². The molecule has 4 nitrogen and oxygen atoms in total. The molecular formula is C17H27NO3. The summed E-state index contributed by atoms with van der Waals surface area (Å²) in [5.41, 5.74) is 6.75. The van der Waals surface area contributed by atoms with Crippen molar-refractivity contribution in [3.8, 4) is 11.5 Å². The summed E-state index contributed by atoms with van der Waals surface area (Å²) >= 11 is 0. The monoisotopic (exact) mass is 293 g/mol.